The quantitative estimate of drug-likeness (QED) is 0.278. The smallest absolute Gasteiger partial charge is 0.263 e. The maximum Gasteiger partial charge on any atom is 0.263 e. The first-order chi connectivity index (χ1) is 18.7. The van der Waals surface area contributed by atoms with Gasteiger partial charge < -0.3 is 9.26 Å². The number of anilines is 1. The largest absolute Gasteiger partial charge is 0.477 e. The van der Waals surface area contributed by atoms with E-state index in [-0.39, 0.29) is 34.3 Å². The van der Waals surface area contributed by atoms with E-state index in [1.165, 1.54) is 53.3 Å². The molecule has 2 heterocycles. The second kappa shape index (κ2) is 10.2. The summed E-state index contributed by atoms with van der Waals surface area (Å²) in [4.78, 5) is 13.0. The van der Waals surface area contributed by atoms with Gasteiger partial charge in [0.2, 0.25) is 0 Å². The first-order valence-corrected chi connectivity index (χ1v) is 13.2. The second-order valence-corrected chi connectivity index (χ2v) is 10.5. The lowest BCUT2D eigenvalue weighted by atomic mass is 10.0. The number of fused-ring (bicyclic) bond motifs is 1. The predicted octanol–water partition coefficient (Wildman–Crippen LogP) is 5.45. The minimum Gasteiger partial charge on any atom is -0.477 e. The number of aryl methyl sites for hydroxylation is 1. The Morgan fingerprint density at radius 3 is 2.67 bits per heavy atom. The van der Waals surface area contributed by atoms with Crippen molar-refractivity contribution < 1.29 is 22.1 Å². The highest BCUT2D eigenvalue weighted by Gasteiger charge is 2.20. The highest BCUT2D eigenvalue weighted by Crippen LogP contribution is 2.35. The van der Waals surface area contributed by atoms with Gasteiger partial charge in [0, 0.05) is 34.2 Å². The first-order valence-electron chi connectivity index (χ1n) is 11.4. The molecule has 2 aromatic heterocycles. The molecule has 12 heteroatoms. The molecule has 39 heavy (non-hydrogen) atoms. The molecular formula is C27H18ClFN4O5S. The lowest BCUT2D eigenvalue weighted by Crippen LogP contribution is -2.19. The Labute approximate surface area is 226 Å². The van der Waals surface area contributed by atoms with Crippen LogP contribution in [0.4, 0.5) is 10.2 Å². The van der Waals surface area contributed by atoms with Gasteiger partial charge in [-0.3, -0.25) is 14.1 Å². The molecule has 0 radical (unpaired) electrons. The topological polar surface area (TPSA) is 127 Å². The van der Waals surface area contributed by atoms with Gasteiger partial charge in [-0.1, -0.05) is 22.8 Å². The highest BCUT2D eigenvalue weighted by molar-refractivity contribution is 7.92. The minimum atomic E-state index is -4.02. The maximum atomic E-state index is 15.5. The normalized spacial score (nSPS) is 11.3. The average Bonchev–Trinajstić information content (AvgIpc) is 3.41. The van der Waals surface area contributed by atoms with Gasteiger partial charge in [0.1, 0.15) is 23.9 Å². The number of rotatable bonds is 7. The summed E-state index contributed by atoms with van der Waals surface area (Å²) in [6, 6.07) is 17.6. The number of sulfonamides is 1. The fraction of sp³-hybridized carbons (Fsp3) is 0.0741. The molecule has 0 aliphatic heterocycles. The molecule has 0 aliphatic carbocycles. The Morgan fingerprint density at radius 2 is 1.95 bits per heavy atom. The summed E-state index contributed by atoms with van der Waals surface area (Å²) in [6.45, 7) is 1.43. The molecule has 0 saturated carbocycles. The van der Waals surface area contributed by atoms with Crippen molar-refractivity contribution in [2.45, 2.75) is 11.8 Å². The van der Waals surface area contributed by atoms with Gasteiger partial charge in [-0.25, -0.2) is 12.8 Å². The molecule has 5 rings (SSSR count). The molecule has 0 aliphatic rings. The molecule has 0 fully saturated rings. The Balaban J connectivity index is 1.66. The van der Waals surface area contributed by atoms with Crippen LogP contribution in [0.3, 0.4) is 0 Å². The SMILES string of the molecule is Cc1cc(-c2cc(OCC#N)c(-n3c(=O)ccc4cc(S(=O)(=O)Nc5ccon5)ccc43)cc2F)ccc1Cl. The van der Waals surface area contributed by atoms with Crippen molar-refractivity contribution >= 4 is 38.3 Å². The molecule has 0 bridgehead atoms. The third kappa shape index (κ3) is 5.07. The number of nitriles is 1. The molecule has 9 nitrogen and oxygen atoms in total. The van der Waals surface area contributed by atoms with E-state index in [1.807, 2.05) is 6.07 Å². The van der Waals surface area contributed by atoms with Crippen LogP contribution >= 0.6 is 11.6 Å². The fourth-order valence-electron chi connectivity index (χ4n) is 4.08. The number of nitrogens with zero attached hydrogens (tertiary/aromatic N) is 3. The van der Waals surface area contributed by atoms with Gasteiger partial charge in [0.25, 0.3) is 15.6 Å². The van der Waals surface area contributed by atoms with E-state index in [0.717, 1.165) is 11.6 Å². The van der Waals surface area contributed by atoms with Crippen molar-refractivity contribution in [3.8, 4) is 28.6 Å². The summed E-state index contributed by atoms with van der Waals surface area (Å²) in [7, 11) is -4.02. The zero-order valence-corrected chi connectivity index (χ0v) is 21.8. The van der Waals surface area contributed by atoms with Gasteiger partial charge in [-0.05, 0) is 60.5 Å². The number of hydrogen-bond acceptors (Lipinski definition) is 7. The van der Waals surface area contributed by atoms with Crippen LogP contribution in [0, 0.1) is 24.1 Å². The van der Waals surface area contributed by atoms with Crippen molar-refractivity contribution in [3.05, 3.63) is 99.8 Å². The van der Waals surface area contributed by atoms with Crippen LogP contribution in [-0.4, -0.2) is 24.7 Å². The molecule has 3 aromatic carbocycles. The maximum absolute atomic E-state index is 15.5. The molecule has 1 N–H and O–H groups in total. The fourth-order valence-corrected chi connectivity index (χ4v) is 5.22. The molecular weight excluding hydrogens is 547 g/mol. The van der Waals surface area contributed by atoms with E-state index < -0.39 is 21.4 Å². The summed E-state index contributed by atoms with van der Waals surface area (Å²) < 4.78 is 54.9. The Kier molecular flexibility index (Phi) is 6.82. The van der Waals surface area contributed by atoms with Gasteiger partial charge in [0.15, 0.2) is 12.4 Å². The standard InChI is InChI=1S/C27H18ClFN4O5S/c1-16-12-17(2-5-21(16)28)20-14-25(37-11-9-30)24(15-22(20)29)33-23-6-4-19(13-18(23)3-7-27(33)34)39(35,36)32-26-8-10-38-31-26/h2-8,10,12-15H,11H2,1H3,(H,31,32). The van der Waals surface area contributed by atoms with Crippen molar-refractivity contribution in [2.75, 3.05) is 11.3 Å². The van der Waals surface area contributed by atoms with E-state index in [1.54, 1.807) is 25.1 Å². The molecule has 196 valence electrons. The van der Waals surface area contributed by atoms with Crippen molar-refractivity contribution in [2.24, 2.45) is 0 Å². The monoisotopic (exact) mass is 564 g/mol. The number of ether oxygens (including phenoxy) is 1. The summed E-state index contributed by atoms with van der Waals surface area (Å²) in [5, 5.41) is 13.6. The zero-order valence-electron chi connectivity index (χ0n) is 20.2. The third-order valence-corrected chi connectivity index (χ3v) is 7.68. The average molecular weight is 565 g/mol. The van der Waals surface area contributed by atoms with Gasteiger partial charge in [0.05, 0.1) is 16.1 Å². The van der Waals surface area contributed by atoms with Crippen molar-refractivity contribution in [3.63, 3.8) is 0 Å². The van der Waals surface area contributed by atoms with E-state index in [4.69, 9.17) is 21.6 Å². The Bertz CT molecular complexity index is 1930. The van der Waals surface area contributed by atoms with E-state index in [9.17, 15) is 13.2 Å². The van der Waals surface area contributed by atoms with Gasteiger partial charge >= 0.3 is 0 Å². The predicted molar refractivity (Wildman–Crippen MR) is 143 cm³/mol. The highest BCUT2D eigenvalue weighted by atomic mass is 35.5. The van der Waals surface area contributed by atoms with Crippen LogP contribution in [0.2, 0.25) is 5.02 Å². The third-order valence-electron chi connectivity index (χ3n) is 5.90. The van der Waals surface area contributed by atoms with Gasteiger partial charge in [-0.15, -0.1) is 0 Å². The molecule has 0 spiro atoms. The number of benzene rings is 3. The number of pyridine rings is 1. The Hall–Kier alpha value is -4.66. The second-order valence-electron chi connectivity index (χ2n) is 8.43. The van der Waals surface area contributed by atoms with Crippen LogP contribution < -0.4 is 15.0 Å². The van der Waals surface area contributed by atoms with Crippen molar-refractivity contribution in [1.29, 1.82) is 5.26 Å². The molecule has 0 unspecified atom stereocenters. The number of halogens is 2. The number of nitrogens with one attached hydrogen (secondary N) is 1. The van der Waals surface area contributed by atoms with E-state index >= 15 is 4.39 Å². The van der Waals surface area contributed by atoms with Gasteiger partial charge in [-0.2, -0.15) is 5.26 Å². The summed E-state index contributed by atoms with van der Waals surface area (Å²) in [5.41, 5.74) is 1.28. The van der Waals surface area contributed by atoms with Crippen LogP contribution in [-0.2, 0) is 10.0 Å². The van der Waals surface area contributed by atoms with E-state index in [0.29, 0.717) is 21.5 Å². The number of hydrogen-bond donors (Lipinski definition) is 1. The van der Waals surface area contributed by atoms with Crippen LogP contribution in [0.5, 0.6) is 5.75 Å². The van der Waals surface area contributed by atoms with E-state index in [2.05, 4.69) is 14.4 Å². The Morgan fingerprint density at radius 1 is 1.13 bits per heavy atom. The lowest BCUT2D eigenvalue weighted by Gasteiger charge is -2.17. The molecule has 0 amide bonds. The number of aromatic nitrogens is 2. The lowest BCUT2D eigenvalue weighted by molar-refractivity contribution is 0.366. The summed E-state index contributed by atoms with van der Waals surface area (Å²) in [5.74, 6) is -0.554. The molecule has 0 atom stereocenters. The summed E-state index contributed by atoms with van der Waals surface area (Å²) in [6.07, 6.45) is 1.22. The molecule has 0 saturated heterocycles. The first kappa shape index (κ1) is 26.0. The van der Waals surface area contributed by atoms with Crippen LogP contribution in [0.25, 0.3) is 27.7 Å². The zero-order chi connectivity index (χ0) is 27.7. The van der Waals surface area contributed by atoms with Crippen LogP contribution in [0.15, 0.2) is 87.2 Å². The minimum absolute atomic E-state index is 0.00537. The van der Waals surface area contributed by atoms with Crippen LogP contribution in [0.1, 0.15) is 5.56 Å². The molecule has 5 aromatic rings. The summed E-state index contributed by atoms with van der Waals surface area (Å²) >= 11 is 6.12. The van der Waals surface area contributed by atoms with Crippen molar-refractivity contribution in [1.82, 2.24) is 9.72 Å².